The third-order valence-electron chi connectivity index (χ3n) is 4.17. The number of amides is 1. The molecule has 2 aromatic carbocycles. The molecule has 0 bridgehead atoms. The van der Waals surface area contributed by atoms with Crippen LogP contribution in [0.5, 0.6) is 0 Å². The van der Waals surface area contributed by atoms with Gasteiger partial charge in [-0.3, -0.25) is 4.79 Å². The summed E-state index contributed by atoms with van der Waals surface area (Å²) in [6, 6.07) is 13.6. The zero-order valence-corrected chi connectivity index (χ0v) is 16.3. The van der Waals surface area contributed by atoms with Gasteiger partial charge < -0.3 is 10.6 Å². The second-order valence-electron chi connectivity index (χ2n) is 6.15. The fraction of sp³-hybridized carbons (Fsp3) is 0.300. The first-order valence-electron chi connectivity index (χ1n) is 8.83. The number of hydrogen-bond acceptors (Lipinski definition) is 4. The Hall–Kier alpha value is -2.11. The van der Waals surface area contributed by atoms with Crippen molar-refractivity contribution in [2.45, 2.75) is 26.2 Å². The van der Waals surface area contributed by atoms with E-state index in [0.29, 0.717) is 23.7 Å². The van der Waals surface area contributed by atoms with Gasteiger partial charge in [0.05, 0.1) is 4.70 Å². The molecule has 3 rings (SSSR count). The molecule has 0 saturated carbocycles. The highest BCUT2D eigenvalue weighted by Crippen LogP contribution is 2.28. The Balaban J connectivity index is 1.48. The molecule has 136 valence electrons. The summed E-state index contributed by atoms with van der Waals surface area (Å²) in [5.74, 6) is 0.752. The molecule has 0 aliphatic carbocycles. The topological polar surface area (TPSA) is 54.0 Å². The third kappa shape index (κ3) is 4.74. The monoisotopic (exact) mass is 387 g/mol. The van der Waals surface area contributed by atoms with E-state index in [1.165, 1.54) is 29.9 Å². The smallest absolute Gasteiger partial charge is 0.251 e. The van der Waals surface area contributed by atoms with Gasteiger partial charge in [0.2, 0.25) is 0 Å². The average Bonchev–Trinajstić information content (AvgIpc) is 3.06. The molecular weight excluding hydrogens is 366 g/mol. The largest absolute Gasteiger partial charge is 0.367 e. The molecule has 3 aromatic rings. The number of nitrogens with one attached hydrogen (secondary N) is 2. The number of halogens is 1. The van der Waals surface area contributed by atoms with Crippen molar-refractivity contribution < 1.29 is 4.79 Å². The summed E-state index contributed by atoms with van der Waals surface area (Å²) in [4.78, 5) is 12.2. The molecule has 0 aliphatic rings. The van der Waals surface area contributed by atoms with Gasteiger partial charge >= 0.3 is 0 Å². The fourth-order valence-corrected chi connectivity index (χ4v) is 3.61. The molecule has 6 heteroatoms. The van der Waals surface area contributed by atoms with Crippen molar-refractivity contribution in [1.82, 2.24) is 9.69 Å². The molecule has 0 fully saturated rings. The van der Waals surface area contributed by atoms with Gasteiger partial charge in [-0.1, -0.05) is 37.1 Å². The zero-order valence-electron chi connectivity index (χ0n) is 14.7. The van der Waals surface area contributed by atoms with Crippen LogP contribution in [0.3, 0.4) is 0 Å². The van der Waals surface area contributed by atoms with Crippen LogP contribution in [0.4, 0.5) is 5.82 Å². The number of benzene rings is 2. The van der Waals surface area contributed by atoms with Crippen molar-refractivity contribution in [2.24, 2.45) is 0 Å². The van der Waals surface area contributed by atoms with Gasteiger partial charge in [0.15, 0.2) is 0 Å². The Bertz CT molecular complexity index is 876. The molecule has 2 N–H and O–H groups in total. The molecule has 0 spiro atoms. The first kappa shape index (κ1) is 18.7. The molecule has 0 unspecified atom stereocenters. The van der Waals surface area contributed by atoms with E-state index in [1.807, 2.05) is 42.5 Å². The highest BCUT2D eigenvalue weighted by molar-refractivity contribution is 7.13. The van der Waals surface area contributed by atoms with Crippen molar-refractivity contribution in [2.75, 3.05) is 18.4 Å². The normalized spacial score (nSPS) is 10.8. The lowest BCUT2D eigenvalue weighted by molar-refractivity contribution is 0.0955. The summed E-state index contributed by atoms with van der Waals surface area (Å²) in [6.45, 7) is 3.31. The number of hydrogen-bond donors (Lipinski definition) is 2. The van der Waals surface area contributed by atoms with Crippen molar-refractivity contribution in [3.63, 3.8) is 0 Å². The molecule has 0 saturated heterocycles. The van der Waals surface area contributed by atoms with Gasteiger partial charge in [-0.25, -0.2) is 0 Å². The van der Waals surface area contributed by atoms with Crippen LogP contribution >= 0.6 is 23.1 Å². The number of unbranched alkanes of at least 4 members (excludes halogenated alkanes) is 1. The SMILES string of the molecule is CCCCc1ccc(C(=O)NCCNc2nsc3ccc(Cl)cc23)cc1. The van der Waals surface area contributed by atoms with E-state index >= 15 is 0 Å². The fourth-order valence-electron chi connectivity index (χ4n) is 2.70. The van der Waals surface area contributed by atoms with E-state index in [2.05, 4.69) is 21.9 Å². The maximum absolute atomic E-state index is 12.2. The average molecular weight is 388 g/mol. The maximum Gasteiger partial charge on any atom is 0.251 e. The summed E-state index contributed by atoms with van der Waals surface area (Å²) in [5.41, 5.74) is 1.97. The highest BCUT2D eigenvalue weighted by Gasteiger charge is 2.07. The quantitative estimate of drug-likeness (QED) is 0.526. The summed E-state index contributed by atoms with van der Waals surface area (Å²) in [5, 5.41) is 7.89. The van der Waals surface area contributed by atoms with Gasteiger partial charge in [-0.2, -0.15) is 4.37 Å². The number of carbonyl (C=O) groups is 1. The highest BCUT2D eigenvalue weighted by atomic mass is 35.5. The molecule has 26 heavy (non-hydrogen) atoms. The van der Waals surface area contributed by atoms with Crippen LogP contribution in [0.2, 0.25) is 5.02 Å². The number of aromatic nitrogens is 1. The number of nitrogens with zero attached hydrogens (tertiary/aromatic N) is 1. The van der Waals surface area contributed by atoms with Crippen LogP contribution in [-0.4, -0.2) is 23.4 Å². The minimum absolute atomic E-state index is 0.0555. The molecule has 1 aromatic heterocycles. The maximum atomic E-state index is 12.2. The van der Waals surface area contributed by atoms with Crippen molar-refractivity contribution in [3.8, 4) is 0 Å². The Morgan fingerprint density at radius 1 is 1.15 bits per heavy atom. The number of rotatable bonds is 8. The predicted octanol–water partition coefficient (Wildman–Crippen LogP) is 5.13. The van der Waals surface area contributed by atoms with Crippen LogP contribution in [0.25, 0.3) is 10.1 Å². The standard InChI is InChI=1S/C20H22ClN3OS/c1-2-3-4-14-5-7-15(8-6-14)20(25)23-12-11-22-19-17-13-16(21)9-10-18(17)26-24-19/h5-10,13H,2-4,11-12H2,1H3,(H,22,24)(H,23,25). The Morgan fingerprint density at radius 2 is 1.96 bits per heavy atom. The zero-order chi connectivity index (χ0) is 18.4. The predicted molar refractivity (Wildman–Crippen MR) is 111 cm³/mol. The van der Waals surface area contributed by atoms with Crippen molar-refractivity contribution >= 4 is 44.9 Å². The molecule has 0 aliphatic heterocycles. The van der Waals surface area contributed by atoms with Gasteiger partial charge in [-0.15, -0.1) is 0 Å². The lowest BCUT2D eigenvalue weighted by atomic mass is 10.1. The van der Waals surface area contributed by atoms with Gasteiger partial charge in [-0.05, 0) is 60.3 Å². The number of anilines is 1. The van der Waals surface area contributed by atoms with Crippen LogP contribution in [0, 0.1) is 0 Å². The van der Waals surface area contributed by atoms with Crippen LogP contribution < -0.4 is 10.6 Å². The van der Waals surface area contributed by atoms with Gasteiger partial charge in [0, 0.05) is 29.1 Å². The van der Waals surface area contributed by atoms with Gasteiger partial charge in [0.1, 0.15) is 5.82 Å². The molecular formula is C20H22ClN3OS. The van der Waals surface area contributed by atoms with E-state index in [1.54, 1.807) is 0 Å². The second kappa shape index (κ2) is 9.01. The number of carbonyl (C=O) groups excluding carboxylic acids is 1. The molecule has 1 heterocycles. The first-order valence-corrected chi connectivity index (χ1v) is 9.98. The molecule has 0 atom stereocenters. The lowest BCUT2D eigenvalue weighted by Crippen LogP contribution is -2.28. The Labute approximate surface area is 162 Å². The number of aryl methyl sites for hydroxylation is 1. The van der Waals surface area contributed by atoms with Crippen LogP contribution in [-0.2, 0) is 6.42 Å². The van der Waals surface area contributed by atoms with E-state index in [0.717, 1.165) is 22.3 Å². The van der Waals surface area contributed by atoms with E-state index in [-0.39, 0.29) is 5.91 Å². The Kier molecular flexibility index (Phi) is 6.47. The summed E-state index contributed by atoms with van der Waals surface area (Å²) < 4.78 is 5.49. The minimum atomic E-state index is -0.0555. The summed E-state index contributed by atoms with van der Waals surface area (Å²) in [6.07, 6.45) is 3.41. The van der Waals surface area contributed by atoms with E-state index in [4.69, 9.17) is 11.6 Å². The Morgan fingerprint density at radius 3 is 2.73 bits per heavy atom. The second-order valence-corrected chi connectivity index (χ2v) is 7.40. The van der Waals surface area contributed by atoms with Crippen LogP contribution in [0.15, 0.2) is 42.5 Å². The third-order valence-corrected chi connectivity index (χ3v) is 5.23. The van der Waals surface area contributed by atoms with E-state index < -0.39 is 0 Å². The van der Waals surface area contributed by atoms with Gasteiger partial charge in [0.25, 0.3) is 5.91 Å². The first-order chi connectivity index (χ1) is 12.7. The van der Waals surface area contributed by atoms with Crippen LogP contribution in [0.1, 0.15) is 35.7 Å². The minimum Gasteiger partial charge on any atom is -0.367 e. The van der Waals surface area contributed by atoms with Crippen molar-refractivity contribution in [3.05, 3.63) is 58.6 Å². The molecule has 0 radical (unpaired) electrons. The lowest BCUT2D eigenvalue weighted by Gasteiger charge is -2.07. The van der Waals surface area contributed by atoms with Crippen molar-refractivity contribution in [1.29, 1.82) is 0 Å². The summed E-state index contributed by atoms with van der Waals surface area (Å²) >= 11 is 7.48. The summed E-state index contributed by atoms with van der Waals surface area (Å²) in [7, 11) is 0. The molecule has 1 amide bonds. The van der Waals surface area contributed by atoms with E-state index in [9.17, 15) is 4.79 Å². The number of fused-ring (bicyclic) bond motifs is 1. The molecule has 4 nitrogen and oxygen atoms in total.